The molecule has 1 atom stereocenters. The highest BCUT2D eigenvalue weighted by atomic mass is 16.5. The van der Waals surface area contributed by atoms with E-state index in [9.17, 15) is 0 Å². The lowest BCUT2D eigenvalue weighted by Crippen LogP contribution is -1.92. The third-order valence-electron chi connectivity index (χ3n) is 1.41. The first-order chi connectivity index (χ1) is 4.43. The van der Waals surface area contributed by atoms with Crippen molar-refractivity contribution in [1.82, 2.24) is 0 Å². The molecule has 1 rings (SSSR count). The van der Waals surface area contributed by atoms with E-state index in [-0.39, 0.29) is 0 Å². The number of ether oxygens (including phenoxy) is 1. The second-order valence-electron chi connectivity index (χ2n) is 2.11. The molecular formula is C7H9NO. The van der Waals surface area contributed by atoms with Crippen molar-refractivity contribution in [2.24, 2.45) is 5.92 Å². The zero-order chi connectivity index (χ0) is 6.53. The maximum Gasteiger partial charge on any atom is 0.0908 e. The summed E-state index contributed by atoms with van der Waals surface area (Å²) in [6, 6.07) is 1.96. The highest BCUT2D eigenvalue weighted by Crippen LogP contribution is 2.12. The van der Waals surface area contributed by atoms with Crippen molar-refractivity contribution in [3.63, 3.8) is 0 Å². The maximum absolute atomic E-state index is 8.15. The zero-order valence-corrected chi connectivity index (χ0v) is 5.21. The molecule has 0 amide bonds. The summed E-state index contributed by atoms with van der Waals surface area (Å²) in [5.74, 6) is 0.490. The second kappa shape index (κ2) is 3.26. The quantitative estimate of drug-likeness (QED) is 0.489. The largest absolute Gasteiger partial charge is 0.381 e. The van der Waals surface area contributed by atoms with Crippen molar-refractivity contribution in [2.75, 3.05) is 13.2 Å². The van der Waals surface area contributed by atoms with Crippen LogP contribution in [0.25, 0.3) is 0 Å². The van der Waals surface area contributed by atoms with E-state index in [1.54, 1.807) is 0 Å². The van der Waals surface area contributed by atoms with Gasteiger partial charge in [-0.05, 0) is 6.42 Å². The van der Waals surface area contributed by atoms with Gasteiger partial charge in [-0.25, -0.2) is 0 Å². The van der Waals surface area contributed by atoms with Gasteiger partial charge in [-0.1, -0.05) is 6.08 Å². The molecule has 0 bridgehead atoms. The van der Waals surface area contributed by atoms with Crippen LogP contribution in [0, 0.1) is 17.2 Å². The average molecular weight is 123 g/mol. The Hall–Kier alpha value is -0.810. The lowest BCUT2D eigenvalue weighted by molar-refractivity contribution is 0.191. The predicted octanol–water partition coefficient (Wildman–Crippen LogP) is 1.10. The lowest BCUT2D eigenvalue weighted by Gasteiger charge is -1.93. The summed E-state index contributed by atoms with van der Waals surface area (Å²) in [4.78, 5) is 0. The number of nitriles is 1. The fourth-order valence-electron chi connectivity index (χ4n) is 0.884. The fourth-order valence-corrected chi connectivity index (χ4v) is 0.884. The van der Waals surface area contributed by atoms with Crippen LogP contribution in [0.4, 0.5) is 0 Å². The maximum atomic E-state index is 8.15. The SMILES string of the molecule is N#CC=CC1CCOC1. The Labute approximate surface area is 54.7 Å². The molecule has 0 aromatic rings. The molecule has 2 heteroatoms. The molecule has 9 heavy (non-hydrogen) atoms. The number of nitrogens with zero attached hydrogens (tertiary/aromatic N) is 1. The molecule has 0 spiro atoms. The van der Waals surface area contributed by atoms with Crippen LogP contribution in [0.2, 0.25) is 0 Å². The minimum Gasteiger partial charge on any atom is -0.381 e. The number of hydrogen-bond acceptors (Lipinski definition) is 2. The molecule has 0 radical (unpaired) electrons. The topological polar surface area (TPSA) is 33.0 Å². The highest BCUT2D eigenvalue weighted by molar-refractivity contribution is 5.04. The standard InChI is InChI=1S/C7H9NO/c8-4-1-2-7-3-5-9-6-7/h1-2,7H,3,5-6H2. The van der Waals surface area contributed by atoms with E-state index in [0.717, 1.165) is 19.6 Å². The normalized spacial score (nSPS) is 26.8. The summed E-state index contributed by atoms with van der Waals surface area (Å²) in [6.07, 6.45) is 4.50. The van der Waals surface area contributed by atoms with Crippen LogP contribution >= 0.6 is 0 Å². The van der Waals surface area contributed by atoms with E-state index in [1.165, 1.54) is 6.08 Å². The Bertz CT molecular complexity index is 139. The van der Waals surface area contributed by atoms with Crippen molar-refractivity contribution in [1.29, 1.82) is 5.26 Å². The van der Waals surface area contributed by atoms with Crippen LogP contribution < -0.4 is 0 Å². The molecule has 1 heterocycles. The minimum atomic E-state index is 0.490. The summed E-state index contributed by atoms with van der Waals surface area (Å²) < 4.78 is 5.09. The van der Waals surface area contributed by atoms with Crippen molar-refractivity contribution >= 4 is 0 Å². The molecule has 0 N–H and O–H groups in total. The van der Waals surface area contributed by atoms with Gasteiger partial charge in [0.15, 0.2) is 0 Å². The van der Waals surface area contributed by atoms with E-state index in [1.807, 2.05) is 12.1 Å². The Kier molecular flexibility index (Phi) is 2.29. The summed E-state index contributed by atoms with van der Waals surface area (Å²) in [7, 11) is 0. The zero-order valence-electron chi connectivity index (χ0n) is 5.21. The van der Waals surface area contributed by atoms with Crippen LogP contribution in [0.15, 0.2) is 12.2 Å². The third kappa shape index (κ3) is 1.87. The van der Waals surface area contributed by atoms with Crippen LogP contribution in [0.5, 0.6) is 0 Å². The molecule has 1 aliphatic rings. The third-order valence-corrected chi connectivity index (χ3v) is 1.41. The van der Waals surface area contributed by atoms with E-state index in [0.29, 0.717) is 5.92 Å². The molecule has 1 saturated heterocycles. The number of rotatable bonds is 1. The number of allylic oxidation sites excluding steroid dienone is 1. The first-order valence-corrected chi connectivity index (χ1v) is 3.07. The van der Waals surface area contributed by atoms with Gasteiger partial charge in [0.2, 0.25) is 0 Å². The summed E-state index contributed by atoms with van der Waals surface area (Å²) in [5, 5.41) is 8.15. The van der Waals surface area contributed by atoms with Gasteiger partial charge in [0.25, 0.3) is 0 Å². The van der Waals surface area contributed by atoms with Gasteiger partial charge >= 0.3 is 0 Å². The van der Waals surface area contributed by atoms with E-state index in [4.69, 9.17) is 10.00 Å². The van der Waals surface area contributed by atoms with E-state index < -0.39 is 0 Å². The summed E-state index contributed by atoms with van der Waals surface area (Å²) >= 11 is 0. The van der Waals surface area contributed by atoms with Crippen molar-refractivity contribution in [3.8, 4) is 6.07 Å². The van der Waals surface area contributed by atoms with Gasteiger partial charge in [0.05, 0.1) is 12.7 Å². The van der Waals surface area contributed by atoms with Crippen molar-refractivity contribution in [2.45, 2.75) is 6.42 Å². The van der Waals surface area contributed by atoms with Gasteiger partial charge in [0, 0.05) is 18.6 Å². The van der Waals surface area contributed by atoms with Gasteiger partial charge in [-0.3, -0.25) is 0 Å². The Morgan fingerprint density at radius 3 is 3.11 bits per heavy atom. The van der Waals surface area contributed by atoms with Gasteiger partial charge in [-0.15, -0.1) is 0 Å². The van der Waals surface area contributed by atoms with Crippen molar-refractivity contribution in [3.05, 3.63) is 12.2 Å². The minimum absolute atomic E-state index is 0.490. The molecule has 0 aromatic heterocycles. The highest BCUT2D eigenvalue weighted by Gasteiger charge is 2.10. The van der Waals surface area contributed by atoms with Crippen LogP contribution in [-0.4, -0.2) is 13.2 Å². The second-order valence-corrected chi connectivity index (χ2v) is 2.11. The van der Waals surface area contributed by atoms with Gasteiger partial charge in [-0.2, -0.15) is 5.26 Å². The molecule has 0 aliphatic carbocycles. The lowest BCUT2D eigenvalue weighted by atomic mass is 10.1. The Morgan fingerprint density at radius 1 is 1.67 bits per heavy atom. The summed E-state index contributed by atoms with van der Waals surface area (Å²) in [5.41, 5.74) is 0. The van der Waals surface area contributed by atoms with Gasteiger partial charge < -0.3 is 4.74 Å². The first-order valence-electron chi connectivity index (χ1n) is 3.07. The fraction of sp³-hybridized carbons (Fsp3) is 0.571. The molecule has 1 unspecified atom stereocenters. The van der Waals surface area contributed by atoms with Crippen LogP contribution in [0.3, 0.4) is 0 Å². The molecule has 0 saturated carbocycles. The average Bonchev–Trinajstić information content (AvgIpc) is 2.34. The monoisotopic (exact) mass is 123 g/mol. The van der Waals surface area contributed by atoms with Crippen LogP contribution in [-0.2, 0) is 4.74 Å². The smallest absolute Gasteiger partial charge is 0.0908 e. The molecule has 1 fully saturated rings. The van der Waals surface area contributed by atoms with Crippen molar-refractivity contribution < 1.29 is 4.74 Å². The molecular weight excluding hydrogens is 114 g/mol. The molecule has 2 nitrogen and oxygen atoms in total. The van der Waals surface area contributed by atoms with E-state index in [2.05, 4.69) is 0 Å². The van der Waals surface area contributed by atoms with Gasteiger partial charge in [0.1, 0.15) is 0 Å². The van der Waals surface area contributed by atoms with Crippen LogP contribution in [0.1, 0.15) is 6.42 Å². The Morgan fingerprint density at radius 2 is 2.56 bits per heavy atom. The Balaban J connectivity index is 2.28. The van der Waals surface area contributed by atoms with E-state index >= 15 is 0 Å². The predicted molar refractivity (Wildman–Crippen MR) is 33.7 cm³/mol. The molecule has 1 aliphatic heterocycles. The molecule has 48 valence electrons. The number of hydrogen-bond donors (Lipinski definition) is 0. The summed E-state index contributed by atoms with van der Waals surface area (Å²) in [6.45, 7) is 1.64. The molecule has 0 aromatic carbocycles. The first kappa shape index (κ1) is 6.31.